The SMILES string of the molecule is CC(C)(C)C(CCN)CCC(=O)N1CC2CCC(O)C2C1. The second kappa shape index (κ2) is 6.66. The Labute approximate surface area is 129 Å². The van der Waals surface area contributed by atoms with Crippen molar-refractivity contribution in [3.63, 3.8) is 0 Å². The lowest BCUT2D eigenvalue weighted by molar-refractivity contribution is -0.131. The van der Waals surface area contributed by atoms with Crippen molar-refractivity contribution in [2.75, 3.05) is 19.6 Å². The number of aliphatic hydroxyl groups excluding tert-OH is 1. The molecule has 0 spiro atoms. The third-order valence-corrected chi connectivity index (χ3v) is 5.62. The van der Waals surface area contributed by atoms with E-state index in [9.17, 15) is 9.90 Å². The maximum Gasteiger partial charge on any atom is 0.222 e. The Hall–Kier alpha value is -0.610. The van der Waals surface area contributed by atoms with E-state index in [2.05, 4.69) is 20.8 Å². The van der Waals surface area contributed by atoms with Gasteiger partial charge in [0.1, 0.15) is 0 Å². The quantitative estimate of drug-likeness (QED) is 0.815. The number of carbonyl (C=O) groups excluding carboxylic acids is 1. The molecule has 2 rings (SSSR count). The molecule has 4 heteroatoms. The summed E-state index contributed by atoms with van der Waals surface area (Å²) in [6.45, 7) is 9.01. The number of nitrogens with zero attached hydrogens (tertiary/aromatic N) is 1. The van der Waals surface area contributed by atoms with Gasteiger partial charge in [0.15, 0.2) is 0 Å². The normalized spacial score (nSPS) is 30.5. The fourth-order valence-corrected chi connectivity index (χ4v) is 4.11. The van der Waals surface area contributed by atoms with E-state index in [0.717, 1.165) is 38.8 Å². The van der Waals surface area contributed by atoms with Gasteiger partial charge < -0.3 is 15.7 Å². The highest BCUT2D eigenvalue weighted by Crippen LogP contribution is 2.39. The smallest absolute Gasteiger partial charge is 0.222 e. The topological polar surface area (TPSA) is 66.6 Å². The van der Waals surface area contributed by atoms with Crippen molar-refractivity contribution >= 4 is 5.91 Å². The standard InChI is InChI=1S/C17H32N2O2/c1-17(2,3)13(8-9-18)5-7-16(21)19-10-12-4-6-15(20)14(12)11-19/h12-15,20H,4-11,18H2,1-3H3. The first-order chi connectivity index (χ1) is 9.82. The molecule has 1 saturated carbocycles. The molecule has 0 aromatic rings. The van der Waals surface area contributed by atoms with E-state index in [1.165, 1.54) is 0 Å². The molecule has 0 aromatic carbocycles. The maximum atomic E-state index is 12.4. The van der Waals surface area contributed by atoms with Gasteiger partial charge in [-0.2, -0.15) is 0 Å². The number of likely N-dealkylation sites (tertiary alicyclic amines) is 1. The zero-order valence-electron chi connectivity index (χ0n) is 13.8. The van der Waals surface area contributed by atoms with Crippen LogP contribution in [0.15, 0.2) is 0 Å². The minimum Gasteiger partial charge on any atom is -0.393 e. The zero-order chi connectivity index (χ0) is 15.6. The molecule has 1 aliphatic heterocycles. The number of hydrogen-bond donors (Lipinski definition) is 2. The van der Waals surface area contributed by atoms with Crippen LogP contribution >= 0.6 is 0 Å². The van der Waals surface area contributed by atoms with Crippen molar-refractivity contribution in [1.82, 2.24) is 4.90 Å². The third kappa shape index (κ3) is 3.98. The lowest BCUT2D eigenvalue weighted by Gasteiger charge is -2.31. The van der Waals surface area contributed by atoms with Crippen LogP contribution < -0.4 is 5.73 Å². The largest absolute Gasteiger partial charge is 0.393 e. The molecule has 1 amide bonds. The summed E-state index contributed by atoms with van der Waals surface area (Å²) in [6, 6.07) is 0. The molecule has 122 valence electrons. The predicted octanol–water partition coefficient (Wildman–Crippen LogP) is 2.01. The molecule has 3 N–H and O–H groups in total. The Kier molecular flexibility index (Phi) is 5.31. The Bertz CT molecular complexity index is 364. The predicted molar refractivity (Wildman–Crippen MR) is 84.7 cm³/mol. The molecular formula is C17H32N2O2. The minimum absolute atomic E-state index is 0.188. The molecule has 21 heavy (non-hydrogen) atoms. The summed E-state index contributed by atoms with van der Waals surface area (Å²) >= 11 is 0. The lowest BCUT2D eigenvalue weighted by atomic mass is 9.76. The van der Waals surface area contributed by atoms with Crippen LogP contribution in [0.3, 0.4) is 0 Å². The van der Waals surface area contributed by atoms with Gasteiger partial charge in [0.25, 0.3) is 0 Å². The highest BCUT2D eigenvalue weighted by Gasteiger charge is 2.43. The maximum absolute atomic E-state index is 12.4. The van der Waals surface area contributed by atoms with Gasteiger partial charge in [-0.25, -0.2) is 0 Å². The Morgan fingerprint density at radius 3 is 2.57 bits per heavy atom. The van der Waals surface area contributed by atoms with E-state index in [-0.39, 0.29) is 17.4 Å². The number of rotatable bonds is 5. The summed E-state index contributed by atoms with van der Waals surface area (Å²) < 4.78 is 0. The molecule has 1 aliphatic carbocycles. The molecule has 2 fully saturated rings. The molecule has 4 unspecified atom stereocenters. The van der Waals surface area contributed by atoms with E-state index in [1.807, 2.05) is 4.90 Å². The fourth-order valence-electron chi connectivity index (χ4n) is 4.11. The average Bonchev–Trinajstić information content (AvgIpc) is 2.95. The Morgan fingerprint density at radius 2 is 2.00 bits per heavy atom. The van der Waals surface area contributed by atoms with Gasteiger partial charge in [0.2, 0.25) is 5.91 Å². The first kappa shape index (κ1) is 16.8. The van der Waals surface area contributed by atoms with Gasteiger partial charge in [0, 0.05) is 25.4 Å². The Morgan fingerprint density at radius 1 is 1.29 bits per heavy atom. The average molecular weight is 296 g/mol. The minimum atomic E-state index is -0.188. The molecule has 0 bridgehead atoms. The van der Waals surface area contributed by atoms with E-state index >= 15 is 0 Å². The summed E-state index contributed by atoms with van der Waals surface area (Å²) in [5.74, 6) is 1.63. The van der Waals surface area contributed by atoms with Gasteiger partial charge >= 0.3 is 0 Å². The third-order valence-electron chi connectivity index (χ3n) is 5.62. The van der Waals surface area contributed by atoms with Crippen molar-refractivity contribution in [2.45, 2.75) is 59.0 Å². The van der Waals surface area contributed by atoms with Gasteiger partial charge in [-0.3, -0.25) is 4.79 Å². The summed E-state index contributed by atoms with van der Waals surface area (Å²) in [7, 11) is 0. The van der Waals surface area contributed by atoms with Gasteiger partial charge in [-0.15, -0.1) is 0 Å². The molecule has 2 aliphatic rings. The van der Waals surface area contributed by atoms with Crippen molar-refractivity contribution in [3.8, 4) is 0 Å². The monoisotopic (exact) mass is 296 g/mol. The lowest BCUT2D eigenvalue weighted by Crippen LogP contribution is -2.32. The van der Waals surface area contributed by atoms with Crippen molar-refractivity contribution in [2.24, 2.45) is 28.9 Å². The fraction of sp³-hybridized carbons (Fsp3) is 0.941. The Balaban J connectivity index is 1.82. The number of fused-ring (bicyclic) bond motifs is 1. The van der Waals surface area contributed by atoms with Crippen LogP contribution in [0, 0.1) is 23.2 Å². The number of amides is 1. The second-order valence-electron chi connectivity index (χ2n) is 8.05. The van der Waals surface area contributed by atoms with Crippen LogP contribution in [-0.2, 0) is 4.79 Å². The van der Waals surface area contributed by atoms with Crippen molar-refractivity contribution < 1.29 is 9.90 Å². The molecular weight excluding hydrogens is 264 g/mol. The van der Waals surface area contributed by atoms with Gasteiger partial charge in [-0.05, 0) is 49.5 Å². The van der Waals surface area contributed by atoms with Crippen LogP contribution in [0.25, 0.3) is 0 Å². The molecule has 0 aromatic heterocycles. The number of hydrogen-bond acceptors (Lipinski definition) is 3. The molecule has 0 radical (unpaired) electrons. The van der Waals surface area contributed by atoms with E-state index < -0.39 is 0 Å². The summed E-state index contributed by atoms with van der Waals surface area (Å²) in [5, 5.41) is 9.94. The van der Waals surface area contributed by atoms with Crippen molar-refractivity contribution in [3.05, 3.63) is 0 Å². The molecule has 1 heterocycles. The number of carbonyl (C=O) groups is 1. The van der Waals surface area contributed by atoms with E-state index in [4.69, 9.17) is 5.73 Å². The van der Waals surface area contributed by atoms with Crippen LogP contribution in [0.4, 0.5) is 0 Å². The molecule has 4 atom stereocenters. The van der Waals surface area contributed by atoms with Crippen LogP contribution in [0.1, 0.15) is 52.9 Å². The highest BCUT2D eigenvalue weighted by molar-refractivity contribution is 5.76. The number of nitrogens with two attached hydrogens (primary N) is 1. The van der Waals surface area contributed by atoms with E-state index in [0.29, 0.717) is 30.7 Å². The zero-order valence-corrected chi connectivity index (χ0v) is 13.8. The van der Waals surface area contributed by atoms with Crippen LogP contribution in [0.2, 0.25) is 0 Å². The van der Waals surface area contributed by atoms with Gasteiger partial charge in [0.05, 0.1) is 6.10 Å². The van der Waals surface area contributed by atoms with Crippen molar-refractivity contribution in [1.29, 1.82) is 0 Å². The first-order valence-corrected chi connectivity index (χ1v) is 8.49. The highest BCUT2D eigenvalue weighted by atomic mass is 16.3. The van der Waals surface area contributed by atoms with Crippen LogP contribution in [-0.4, -0.2) is 41.7 Å². The summed E-state index contributed by atoms with van der Waals surface area (Å²) in [6.07, 6.45) is 4.34. The summed E-state index contributed by atoms with van der Waals surface area (Å²) in [4.78, 5) is 14.4. The summed E-state index contributed by atoms with van der Waals surface area (Å²) in [5.41, 5.74) is 5.91. The van der Waals surface area contributed by atoms with Crippen LogP contribution in [0.5, 0.6) is 0 Å². The molecule has 1 saturated heterocycles. The number of aliphatic hydroxyl groups is 1. The molecule has 4 nitrogen and oxygen atoms in total. The first-order valence-electron chi connectivity index (χ1n) is 8.49. The second-order valence-corrected chi connectivity index (χ2v) is 8.05. The van der Waals surface area contributed by atoms with Gasteiger partial charge in [-0.1, -0.05) is 20.8 Å². The van der Waals surface area contributed by atoms with E-state index in [1.54, 1.807) is 0 Å².